The maximum Gasteiger partial charge on any atom is 0.258 e. The average molecular weight is 378 g/mol. The van der Waals surface area contributed by atoms with Crippen molar-refractivity contribution in [1.29, 1.82) is 0 Å². The number of carbonyl (C=O) groups is 1. The molecule has 0 aliphatic heterocycles. The molecule has 0 spiro atoms. The van der Waals surface area contributed by atoms with E-state index >= 15 is 0 Å². The minimum Gasteiger partial charge on any atom is -0.491 e. The van der Waals surface area contributed by atoms with Crippen LogP contribution in [-0.2, 0) is 17.6 Å². The van der Waals surface area contributed by atoms with Crippen molar-refractivity contribution < 1.29 is 14.3 Å². The van der Waals surface area contributed by atoms with E-state index in [9.17, 15) is 4.79 Å². The molecular weight excluding hydrogens is 356 g/mol. The Bertz CT molecular complexity index is 747. The Kier molecular flexibility index (Phi) is 6.26. The van der Waals surface area contributed by atoms with Crippen LogP contribution >= 0.6 is 11.8 Å². The van der Waals surface area contributed by atoms with Crippen LogP contribution in [0.3, 0.4) is 0 Å². The molecule has 0 atom stereocenters. The number of nitrogens with zero attached hydrogens (tertiary/aromatic N) is 5. The lowest BCUT2D eigenvalue weighted by Gasteiger charge is -2.14. The van der Waals surface area contributed by atoms with E-state index in [1.54, 1.807) is 31.1 Å². The van der Waals surface area contributed by atoms with E-state index in [1.165, 1.54) is 24.6 Å². The standard InChI is InChI=1S/C16H22N6O3S/c1-22-16(19-20-21-22)26-10-12-7-13(14(24-2)8-17-12)25-9-15(23)18-11-5-3-4-6-11/h7-8,11H,3-6,9-10H2,1-2H3,(H,18,23). The molecule has 26 heavy (non-hydrogen) atoms. The number of tetrazole rings is 1. The molecule has 10 heteroatoms. The fourth-order valence-electron chi connectivity index (χ4n) is 2.77. The summed E-state index contributed by atoms with van der Waals surface area (Å²) in [5.41, 5.74) is 0.782. The highest BCUT2D eigenvalue weighted by atomic mass is 32.2. The lowest BCUT2D eigenvalue weighted by molar-refractivity contribution is -0.123. The maximum atomic E-state index is 12.1. The number of methoxy groups -OCH3 is 1. The largest absolute Gasteiger partial charge is 0.491 e. The van der Waals surface area contributed by atoms with Crippen molar-refractivity contribution in [2.24, 2.45) is 7.05 Å². The van der Waals surface area contributed by atoms with Gasteiger partial charge in [-0.1, -0.05) is 24.6 Å². The van der Waals surface area contributed by atoms with E-state index in [2.05, 4.69) is 25.8 Å². The van der Waals surface area contributed by atoms with E-state index in [-0.39, 0.29) is 18.6 Å². The second-order valence-electron chi connectivity index (χ2n) is 6.04. The number of rotatable bonds is 8. The van der Waals surface area contributed by atoms with Crippen LogP contribution in [0.5, 0.6) is 11.5 Å². The van der Waals surface area contributed by atoms with E-state index in [0.29, 0.717) is 22.4 Å². The van der Waals surface area contributed by atoms with Gasteiger partial charge in [-0.15, -0.1) is 5.10 Å². The summed E-state index contributed by atoms with van der Waals surface area (Å²) >= 11 is 1.46. The lowest BCUT2D eigenvalue weighted by atomic mass is 10.2. The maximum absolute atomic E-state index is 12.1. The number of hydrogen-bond acceptors (Lipinski definition) is 8. The van der Waals surface area contributed by atoms with Crippen molar-refractivity contribution in [2.45, 2.75) is 42.6 Å². The van der Waals surface area contributed by atoms with Crippen molar-refractivity contribution in [2.75, 3.05) is 13.7 Å². The van der Waals surface area contributed by atoms with E-state index in [0.717, 1.165) is 18.5 Å². The molecule has 0 saturated heterocycles. The normalized spacial score (nSPS) is 14.4. The SMILES string of the molecule is COc1cnc(CSc2nnnn2C)cc1OCC(=O)NC1CCCC1. The molecule has 0 bridgehead atoms. The first-order valence-electron chi connectivity index (χ1n) is 8.46. The third kappa shape index (κ3) is 4.84. The summed E-state index contributed by atoms with van der Waals surface area (Å²) in [5, 5.41) is 15.0. The van der Waals surface area contributed by atoms with Gasteiger partial charge in [0.1, 0.15) is 0 Å². The second-order valence-corrected chi connectivity index (χ2v) is 6.98. The highest BCUT2D eigenvalue weighted by Crippen LogP contribution is 2.29. The first-order chi connectivity index (χ1) is 12.7. The monoisotopic (exact) mass is 378 g/mol. The Hall–Kier alpha value is -2.36. The summed E-state index contributed by atoms with van der Waals surface area (Å²) < 4.78 is 12.5. The van der Waals surface area contributed by atoms with Crippen molar-refractivity contribution in [3.05, 3.63) is 18.0 Å². The number of ether oxygens (including phenoxy) is 2. The molecule has 9 nitrogen and oxygen atoms in total. The van der Waals surface area contributed by atoms with Crippen molar-refractivity contribution >= 4 is 17.7 Å². The molecule has 1 saturated carbocycles. The molecule has 0 aromatic carbocycles. The number of pyridine rings is 1. The number of aromatic nitrogens is 5. The number of hydrogen-bond donors (Lipinski definition) is 1. The van der Waals surface area contributed by atoms with Gasteiger partial charge in [0.05, 0.1) is 19.0 Å². The third-order valence-electron chi connectivity index (χ3n) is 4.12. The molecule has 2 aromatic rings. The minimum absolute atomic E-state index is 0.0450. The summed E-state index contributed by atoms with van der Waals surface area (Å²) in [6.07, 6.45) is 6.03. The minimum atomic E-state index is -0.114. The number of amides is 1. The van der Waals surface area contributed by atoms with Crippen molar-refractivity contribution in [1.82, 2.24) is 30.5 Å². The fraction of sp³-hybridized carbons (Fsp3) is 0.562. The average Bonchev–Trinajstić information content (AvgIpc) is 3.30. The number of aryl methyl sites for hydroxylation is 1. The first kappa shape index (κ1) is 18.4. The van der Waals surface area contributed by atoms with Crippen LogP contribution in [0.2, 0.25) is 0 Å². The van der Waals surface area contributed by atoms with Crippen molar-refractivity contribution in [3.8, 4) is 11.5 Å². The number of carbonyl (C=O) groups excluding carboxylic acids is 1. The zero-order valence-corrected chi connectivity index (χ0v) is 15.7. The second kappa shape index (κ2) is 8.84. The topological polar surface area (TPSA) is 104 Å². The molecule has 1 aliphatic carbocycles. The number of thioether (sulfide) groups is 1. The lowest BCUT2D eigenvalue weighted by Crippen LogP contribution is -2.36. The Morgan fingerprint density at radius 1 is 1.38 bits per heavy atom. The first-order valence-corrected chi connectivity index (χ1v) is 9.44. The highest BCUT2D eigenvalue weighted by Gasteiger charge is 2.18. The van der Waals surface area contributed by atoms with Crippen molar-refractivity contribution in [3.63, 3.8) is 0 Å². The van der Waals surface area contributed by atoms with Gasteiger partial charge < -0.3 is 14.8 Å². The van der Waals surface area contributed by atoms with Gasteiger partial charge in [-0.05, 0) is 23.3 Å². The van der Waals surface area contributed by atoms with E-state index in [1.807, 2.05) is 0 Å². The predicted octanol–water partition coefficient (Wildman–Crippen LogP) is 1.34. The Balaban J connectivity index is 1.57. The van der Waals surface area contributed by atoms with Gasteiger partial charge >= 0.3 is 0 Å². The van der Waals surface area contributed by atoms with Gasteiger partial charge in [-0.2, -0.15) is 0 Å². The molecule has 2 heterocycles. The Morgan fingerprint density at radius 2 is 2.19 bits per heavy atom. The van der Waals surface area contributed by atoms with Crippen LogP contribution in [-0.4, -0.2) is 50.9 Å². The zero-order chi connectivity index (χ0) is 18.4. The molecule has 2 aromatic heterocycles. The third-order valence-corrected chi connectivity index (χ3v) is 5.16. The van der Waals surface area contributed by atoms with Crippen LogP contribution in [0.4, 0.5) is 0 Å². The van der Waals surface area contributed by atoms with Crippen LogP contribution in [0.15, 0.2) is 17.4 Å². The van der Waals surface area contributed by atoms with Gasteiger partial charge in [-0.25, -0.2) is 4.68 Å². The molecule has 3 rings (SSSR count). The molecule has 140 valence electrons. The van der Waals surface area contributed by atoms with Crippen LogP contribution in [0.1, 0.15) is 31.4 Å². The summed E-state index contributed by atoms with van der Waals surface area (Å²) in [5.74, 6) is 1.45. The smallest absolute Gasteiger partial charge is 0.258 e. The fourth-order valence-corrected chi connectivity index (χ4v) is 3.53. The molecule has 1 aliphatic rings. The van der Waals surface area contributed by atoms with Crippen LogP contribution in [0, 0.1) is 0 Å². The van der Waals surface area contributed by atoms with Crippen LogP contribution < -0.4 is 14.8 Å². The summed E-state index contributed by atoms with van der Waals surface area (Å²) in [6.45, 7) is -0.0450. The van der Waals surface area contributed by atoms with Gasteiger partial charge in [0, 0.05) is 24.9 Å². The van der Waals surface area contributed by atoms with Gasteiger partial charge in [0.25, 0.3) is 5.91 Å². The molecule has 1 fully saturated rings. The molecule has 0 radical (unpaired) electrons. The van der Waals surface area contributed by atoms with Crippen LogP contribution in [0.25, 0.3) is 0 Å². The van der Waals surface area contributed by atoms with Gasteiger partial charge in [-0.3, -0.25) is 9.78 Å². The van der Waals surface area contributed by atoms with E-state index < -0.39 is 0 Å². The molecule has 1 amide bonds. The zero-order valence-electron chi connectivity index (χ0n) is 14.8. The molecule has 1 N–H and O–H groups in total. The molecule has 0 unspecified atom stereocenters. The Morgan fingerprint density at radius 3 is 2.88 bits per heavy atom. The summed E-state index contributed by atoms with van der Waals surface area (Å²) in [7, 11) is 3.32. The molecular formula is C16H22N6O3S. The van der Waals surface area contributed by atoms with Gasteiger partial charge in [0.15, 0.2) is 18.1 Å². The number of nitrogens with one attached hydrogen (secondary N) is 1. The quantitative estimate of drug-likeness (QED) is 0.687. The summed E-state index contributed by atoms with van der Waals surface area (Å²) in [4.78, 5) is 16.4. The summed E-state index contributed by atoms with van der Waals surface area (Å²) in [6, 6.07) is 2.05. The Labute approximate surface area is 155 Å². The van der Waals surface area contributed by atoms with E-state index in [4.69, 9.17) is 9.47 Å². The highest BCUT2D eigenvalue weighted by molar-refractivity contribution is 7.98. The van der Waals surface area contributed by atoms with Gasteiger partial charge in [0.2, 0.25) is 5.16 Å². The predicted molar refractivity (Wildman–Crippen MR) is 95.0 cm³/mol.